The average molecular weight is 329 g/mol. The molecule has 0 saturated heterocycles. The van der Waals surface area contributed by atoms with E-state index in [0.29, 0.717) is 6.54 Å². The zero-order valence-electron chi connectivity index (χ0n) is 13.6. The third-order valence-corrected chi connectivity index (χ3v) is 4.99. The van der Waals surface area contributed by atoms with Crippen LogP contribution in [0.4, 0.5) is 5.82 Å². The molecule has 2 heterocycles. The molecule has 0 fully saturated rings. The molecule has 0 unspecified atom stereocenters. The van der Waals surface area contributed by atoms with E-state index in [1.807, 2.05) is 18.2 Å². The fourth-order valence-electron chi connectivity index (χ4n) is 2.49. The number of hydrogen-bond donors (Lipinski definition) is 1. The molecule has 6 heteroatoms. The number of thiophene rings is 1. The van der Waals surface area contributed by atoms with Crippen LogP contribution in [0.15, 0.2) is 24.5 Å². The van der Waals surface area contributed by atoms with Crippen molar-refractivity contribution in [3.05, 3.63) is 40.5 Å². The van der Waals surface area contributed by atoms with E-state index >= 15 is 0 Å². The fraction of sp³-hybridized carbons (Fsp3) is 0.294. The number of rotatable bonds is 5. The Labute approximate surface area is 139 Å². The third-order valence-electron chi connectivity index (χ3n) is 3.87. The molecule has 0 saturated carbocycles. The highest BCUT2D eigenvalue weighted by Gasteiger charge is 2.12. The first-order valence-electron chi connectivity index (χ1n) is 7.29. The molecule has 5 nitrogen and oxygen atoms in total. The minimum atomic E-state index is 0.654. The van der Waals surface area contributed by atoms with Crippen LogP contribution >= 0.6 is 11.3 Å². The predicted molar refractivity (Wildman–Crippen MR) is 93.8 cm³/mol. The molecule has 1 N–H and O–H groups in total. The molecule has 0 bridgehead atoms. The Morgan fingerprint density at radius 3 is 2.61 bits per heavy atom. The minimum absolute atomic E-state index is 0.654. The second-order valence-corrected chi connectivity index (χ2v) is 6.43. The molecule has 120 valence electrons. The van der Waals surface area contributed by atoms with Crippen molar-refractivity contribution < 1.29 is 9.47 Å². The van der Waals surface area contributed by atoms with Gasteiger partial charge in [-0.1, -0.05) is 6.07 Å². The number of nitrogens with one attached hydrogen (secondary N) is 1. The molecule has 0 spiro atoms. The lowest BCUT2D eigenvalue weighted by Crippen LogP contribution is -2.03. The van der Waals surface area contributed by atoms with Gasteiger partial charge < -0.3 is 14.8 Å². The summed E-state index contributed by atoms with van der Waals surface area (Å²) in [5.41, 5.74) is 2.33. The molecule has 0 atom stereocenters. The number of nitrogens with zero attached hydrogens (tertiary/aromatic N) is 2. The number of anilines is 1. The van der Waals surface area contributed by atoms with Gasteiger partial charge in [-0.3, -0.25) is 0 Å². The van der Waals surface area contributed by atoms with Gasteiger partial charge in [0, 0.05) is 11.4 Å². The largest absolute Gasteiger partial charge is 0.493 e. The van der Waals surface area contributed by atoms with Gasteiger partial charge in [0.05, 0.1) is 19.6 Å². The van der Waals surface area contributed by atoms with Crippen molar-refractivity contribution in [1.82, 2.24) is 9.97 Å². The SMILES string of the molecule is COc1ccc(CNc2ncnc3sc(C)c(C)c23)cc1OC. The molecule has 3 rings (SSSR count). The Bertz CT molecular complexity index is 845. The summed E-state index contributed by atoms with van der Waals surface area (Å²) in [6, 6.07) is 5.89. The topological polar surface area (TPSA) is 56.3 Å². The normalized spacial score (nSPS) is 10.8. The van der Waals surface area contributed by atoms with Gasteiger partial charge in [-0.2, -0.15) is 0 Å². The van der Waals surface area contributed by atoms with Crippen molar-refractivity contribution in [2.75, 3.05) is 19.5 Å². The summed E-state index contributed by atoms with van der Waals surface area (Å²) >= 11 is 1.70. The first-order chi connectivity index (χ1) is 11.1. The second kappa shape index (κ2) is 6.42. The molecule has 2 aromatic heterocycles. The van der Waals surface area contributed by atoms with E-state index in [1.54, 1.807) is 31.9 Å². The van der Waals surface area contributed by atoms with Crippen molar-refractivity contribution in [1.29, 1.82) is 0 Å². The molecule has 3 aromatic rings. The van der Waals surface area contributed by atoms with E-state index in [-0.39, 0.29) is 0 Å². The van der Waals surface area contributed by atoms with Gasteiger partial charge >= 0.3 is 0 Å². The standard InChI is InChI=1S/C17H19N3O2S/c1-10-11(2)23-17-15(10)16(19-9-20-17)18-8-12-5-6-13(21-3)14(7-12)22-4/h5-7,9H,8H2,1-4H3,(H,18,19,20). The zero-order chi connectivity index (χ0) is 16.4. The van der Waals surface area contributed by atoms with Crippen molar-refractivity contribution in [3.63, 3.8) is 0 Å². The Hall–Kier alpha value is -2.34. The second-order valence-electron chi connectivity index (χ2n) is 5.23. The van der Waals surface area contributed by atoms with E-state index < -0.39 is 0 Å². The quantitative estimate of drug-likeness (QED) is 0.768. The van der Waals surface area contributed by atoms with Gasteiger partial charge in [0.2, 0.25) is 0 Å². The van der Waals surface area contributed by atoms with Gasteiger partial charge in [-0.05, 0) is 37.1 Å². The number of aryl methyl sites for hydroxylation is 2. The van der Waals surface area contributed by atoms with Crippen LogP contribution in [0.1, 0.15) is 16.0 Å². The van der Waals surface area contributed by atoms with E-state index in [9.17, 15) is 0 Å². The Morgan fingerprint density at radius 1 is 1.09 bits per heavy atom. The fourth-order valence-corrected chi connectivity index (χ4v) is 3.49. The number of benzene rings is 1. The minimum Gasteiger partial charge on any atom is -0.493 e. The summed E-state index contributed by atoms with van der Waals surface area (Å²) in [7, 11) is 3.27. The molecular weight excluding hydrogens is 310 g/mol. The summed E-state index contributed by atoms with van der Waals surface area (Å²) in [6.07, 6.45) is 1.61. The first kappa shape index (κ1) is 15.6. The van der Waals surface area contributed by atoms with Crippen LogP contribution in [0.5, 0.6) is 11.5 Å². The molecule has 0 radical (unpaired) electrons. The number of aromatic nitrogens is 2. The monoisotopic (exact) mass is 329 g/mol. The lowest BCUT2D eigenvalue weighted by Gasteiger charge is -2.11. The summed E-state index contributed by atoms with van der Waals surface area (Å²) in [6.45, 7) is 4.87. The molecule has 0 aliphatic rings. The van der Waals surface area contributed by atoms with Gasteiger partial charge in [0.15, 0.2) is 11.5 Å². The van der Waals surface area contributed by atoms with Crippen LogP contribution in [0.25, 0.3) is 10.2 Å². The summed E-state index contributed by atoms with van der Waals surface area (Å²) < 4.78 is 10.6. The Morgan fingerprint density at radius 2 is 1.87 bits per heavy atom. The van der Waals surface area contributed by atoms with Crippen LogP contribution < -0.4 is 14.8 Å². The van der Waals surface area contributed by atoms with Crippen molar-refractivity contribution >= 4 is 27.4 Å². The maximum atomic E-state index is 5.34. The highest BCUT2D eigenvalue weighted by molar-refractivity contribution is 7.18. The van der Waals surface area contributed by atoms with Gasteiger partial charge in [-0.25, -0.2) is 9.97 Å². The van der Waals surface area contributed by atoms with Crippen molar-refractivity contribution in [2.45, 2.75) is 20.4 Å². The molecular formula is C17H19N3O2S. The Kier molecular flexibility index (Phi) is 4.34. The van der Waals surface area contributed by atoms with Gasteiger partial charge in [0.25, 0.3) is 0 Å². The molecule has 1 aromatic carbocycles. The van der Waals surface area contributed by atoms with Crippen LogP contribution in [0, 0.1) is 13.8 Å². The van der Waals surface area contributed by atoms with Gasteiger partial charge in [-0.15, -0.1) is 11.3 Å². The Balaban J connectivity index is 1.86. The average Bonchev–Trinajstić information content (AvgIpc) is 2.87. The van der Waals surface area contributed by atoms with Crippen LogP contribution in [0.2, 0.25) is 0 Å². The first-order valence-corrected chi connectivity index (χ1v) is 8.11. The summed E-state index contributed by atoms with van der Waals surface area (Å²) in [4.78, 5) is 11.1. The molecule has 23 heavy (non-hydrogen) atoms. The van der Waals surface area contributed by atoms with E-state index in [0.717, 1.165) is 33.1 Å². The zero-order valence-corrected chi connectivity index (χ0v) is 14.5. The third kappa shape index (κ3) is 2.94. The van der Waals surface area contributed by atoms with E-state index in [1.165, 1.54) is 10.4 Å². The predicted octanol–water partition coefficient (Wildman–Crippen LogP) is 3.94. The lowest BCUT2D eigenvalue weighted by atomic mass is 10.2. The maximum absolute atomic E-state index is 5.34. The van der Waals surface area contributed by atoms with Crippen molar-refractivity contribution in [3.8, 4) is 11.5 Å². The lowest BCUT2D eigenvalue weighted by molar-refractivity contribution is 0.354. The van der Waals surface area contributed by atoms with Crippen LogP contribution in [-0.4, -0.2) is 24.2 Å². The number of hydrogen-bond acceptors (Lipinski definition) is 6. The summed E-state index contributed by atoms with van der Waals surface area (Å²) in [5, 5.41) is 4.51. The number of fused-ring (bicyclic) bond motifs is 1. The summed E-state index contributed by atoms with van der Waals surface area (Å²) in [5.74, 6) is 2.32. The molecule has 0 aliphatic carbocycles. The highest BCUT2D eigenvalue weighted by atomic mass is 32.1. The number of methoxy groups -OCH3 is 2. The highest BCUT2D eigenvalue weighted by Crippen LogP contribution is 2.33. The van der Waals surface area contributed by atoms with Crippen molar-refractivity contribution in [2.24, 2.45) is 0 Å². The van der Waals surface area contributed by atoms with Gasteiger partial charge in [0.1, 0.15) is 17.0 Å². The van der Waals surface area contributed by atoms with Crippen LogP contribution in [0.3, 0.4) is 0 Å². The van der Waals surface area contributed by atoms with E-state index in [4.69, 9.17) is 9.47 Å². The van der Waals surface area contributed by atoms with Crippen LogP contribution in [-0.2, 0) is 6.54 Å². The molecule has 0 aliphatic heterocycles. The maximum Gasteiger partial charge on any atom is 0.161 e. The van der Waals surface area contributed by atoms with E-state index in [2.05, 4.69) is 29.1 Å². The molecule has 0 amide bonds. The smallest absolute Gasteiger partial charge is 0.161 e. The number of ether oxygens (including phenoxy) is 2.